The zero-order chi connectivity index (χ0) is 10.6. The van der Waals surface area contributed by atoms with Crippen LogP contribution < -0.4 is 0 Å². The van der Waals surface area contributed by atoms with Gasteiger partial charge in [-0.2, -0.15) is 11.8 Å². The largest absolute Gasteiger partial charge is 0.375 e. The number of carbonyl (C=O) groups is 1. The van der Waals surface area contributed by atoms with Crippen LogP contribution >= 0.6 is 11.8 Å². The van der Waals surface area contributed by atoms with Gasteiger partial charge in [0.05, 0.1) is 18.8 Å². The lowest BCUT2D eigenvalue weighted by Gasteiger charge is -2.36. The number of thioether (sulfide) groups is 1. The summed E-state index contributed by atoms with van der Waals surface area (Å²) in [5.74, 6) is 1.18. The van der Waals surface area contributed by atoms with Crippen molar-refractivity contribution in [3.63, 3.8) is 0 Å². The third kappa shape index (κ3) is 3.17. The molecule has 0 saturated carbocycles. The van der Waals surface area contributed by atoms with Crippen LogP contribution in [-0.4, -0.2) is 48.1 Å². The minimum absolute atomic E-state index is 0.185. The summed E-state index contributed by atoms with van der Waals surface area (Å²) < 4.78 is 5.48. The molecule has 82 valence electrons. The van der Waals surface area contributed by atoms with Crippen LogP contribution in [0.5, 0.6) is 0 Å². The fourth-order valence-electron chi connectivity index (χ4n) is 1.58. The number of nitrogens with zero attached hydrogens (tertiary/aromatic N) is 1. The quantitative estimate of drug-likeness (QED) is 0.715. The second-order valence-corrected chi connectivity index (χ2v) is 4.77. The lowest BCUT2D eigenvalue weighted by molar-refractivity contribution is -0.142. The fourth-order valence-corrected chi connectivity index (χ4v) is 1.96. The van der Waals surface area contributed by atoms with E-state index in [1.807, 2.05) is 25.0 Å². The van der Waals surface area contributed by atoms with Crippen LogP contribution in [0.2, 0.25) is 0 Å². The molecule has 0 aliphatic carbocycles. The summed E-state index contributed by atoms with van der Waals surface area (Å²) >= 11 is 1.72. The Kier molecular flexibility index (Phi) is 4.75. The molecule has 4 heteroatoms. The third-order valence-corrected chi connectivity index (χ3v) is 3.06. The van der Waals surface area contributed by atoms with E-state index < -0.39 is 0 Å². The van der Waals surface area contributed by atoms with E-state index in [2.05, 4.69) is 0 Å². The molecule has 0 radical (unpaired) electrons. The summed E-state index contributed by atoms with van der Waals surface area (Å²) in [6.07, 6.45) is 2.86. The minimum atomic E-state index is 0.185. The van der Waals surface area contributed by atoms with Gasteiger partial charge in [0.15, 0.2) is 0 Å². The van der Waals surface area contributed by atoms with Gasteiger partial charge in [-0.3, -0.25) is 4.79 Å². The second-order valence-electron chi connectivity index (χ2n) is 3.78. The number of hydrogen-bond acceptors (Lipinski definition) is 3. The lowest BCUT2D eigenvalue weighted by Crippen LogP contribution is -2.50. The van der Waals surface area contributed by atoms with E-state index >= 15 is 0 Å². The molecule has 0 N–H and O–H groups in total. The maximum Gasteiger partial charge on any atom is 0.223 e. The highest BCUT2D eigenvalue weighted by Crippen LogP contribution is 2.13. The fraction of sp³-hybridized carbons (Fsp3) is 0.900. The summed E-state index contributed by atoms with van der Waals surface area (Å²) in [6, 6.07) is 0.237. The van der Waals surface area contributed by atoms with Gasteiger partial charge in [0.25, 0.3) is 0 Å². The van der Waals surface area contributed by atoms with E-state index in [-0.39, 0.29) is 18.1 Å². The second kappa shape index (κ2) is 5.61. The van der Waals surface area contributed by atoms with Crippen LogP contribution in [0.4, 0.5) is 0 Å². The Morgan fingerprint density at radius 1 is 1.57 bits per heavy atom. The van der Waals surface area contributed by atoms with E-state index in [1.54, 1.807) is 11.8 Å². The summed E-state index contributed by atoms with van der Waals surface area (Å²) in [5.41, 5.74) is 0. The molecule has 1 rings (SSSR count). The van der Waals surface area contributed by atoms with E-state index in [9.17, 15) is 4.79 Å². The van der Waals surface area contributed by atoms with Crippen LogP contribution in [0.15, 0.2) is 0 Å². The first-order chi connectivity index (χ1) is 6.65. The number of carbonyl (C=O) groups excluding carboxylic acids is 1. The first-order valence-electron chi connectivity index (χ1n) is 5.05. The summed E-state index contributed by atoms with van der Waals surface area (Å²) in [6.45, 7) is 5.48. The molecule has 1 heterocycles. The molecule has 2 atom stereocenters. The predicted molar refractivity (Wildman–Crippen MR) is 59.6 cm³/mol. The van der Waals surface area contributed by atoms with Crippen molar-refractivity contribution in [2.24, 2.45) is 0 Å². The van der Waals surface area contributed by atoms with E-state index in [4.69, 9.17) is 4.74 Å². The average Bonchev–Trinajstić information content (AvgIpc) is 2.18. The smallest absolute Gasteiger partial charge is 0.223 e. The SMILES string of the molecule is CSCCC(=O)N1C[C@H](C)OC[C@H]1C. The number of ether oxygens (including phenoxy) is 1. The van der Waals surface area contributed by atoms with Gasteiger partial charge >= 0.3 is 0 Å². The zero-order valence-corrected chi connectivity index (χ0v) is 9.97. The predicted octanol–water partition coefficient (Wildman–Crippen LogP) is 1.38. The van der Waals surface area contributed by atoms with Crippen molar-refractivity contribution in [3.05, 3.63) is 0 Å². The lowest BCUT2D eigenvalue weighted by atomic mass is 10.2. The molecule has 0 aromatic rings. The van der Waals surface area contributed by atoms with Gasteiger partial charge in [-0.15, -0.1) is 0 Å². The third-order valence-electron chi connectivity index (χ3n) is 2.45. The maximum absolute atomic E-state index is 11.8. The van der Waals surface area contributed by atoms with E-state index in [0.717, 1.165) is 12.3 Å². The van der Waals surface area contributed by atoms with Crippen molar-refractivity contribution in [1.29, 1.82) is 0 Å². The molecule has 1 aliphatic rings. The first-order valence-corrected chi connectivity index (χ1v) is 6.44. The van der Waals surface area contributed by atoms with E-state index in [1.165, 1.54) is 0 Å². The number of rotatable bonds is 3. The van der Waals surface area contributed by atoms with Gasteiger partial charge in [0.1, 0.15) is 0 Å². The number of amides is 1. The first kappa shape index (κ1) is 11.9. The summed E-state index contributed by atoms with van der Waals surface area (Å²) in [7, 11) is 0. The zero-order valence-electron chi connectivity index (χ0n) is 9.16. The maximum atomic E-state index is 11.8. The minimum Gasteiger partial charge on any atom is -0.375 e. The van der Waals surface area contributed by atoms with Crippen molar-refractivity contribution in [2.45, 2.75) is 32.4 Å². The van der Waals surface area contributed by atoms with Crippen LogP contribution in [0.1, 0.15) is 20.3 Å². The molecule has 0 bridgehead atoms. The summed E-state index contributed by atoms with van der Waals surface area (Å²) in [4.78, 5) is 13.7. The van der Waals surface area contributed by atoms with Gasteiger partial charge in [0, 0.05) is 18.7 Å². The van der Waals surface area contributed by atoms with E-state index in [0.29, 0.717) is 13.0 Å². The Morgan fingerprint density at radius 2 is 2.29 bits per heavy atom. The van der Waals surface area contributed by atoms with Crippen molar-refractivity contribution in [1.82, 2.24) is 4.90 Å². The molecule has 3 nitrogen and oxygen atoms in total. The summed E-state index contributed by atoms with van der Waals surface area (Å²) in [5, 5.41) is 0. The molecule has 1 fully saturated rings. The van der Waals surface area contributed by atoms with Crippen LogP contribution in [-0.2, 0) is 9.53 Å². The van der Waals surface area contributed by atoms with Crippen LogP contribution in [0, 0.1) is 0 Å². The number of morpholine rings is 1. The van der Waals surface area contributed by atoms with Crippen LogP contribution in [0.25, 0.3) is 0 Å². The molecule has 1 saturated heterocycles. The van der Waals surface area contributed by atoms with Gasteiger partial charge < -0.3 is 9.64 Å². The topological polar surface area (TPSA) is 29.5 Å². The Bertz CT molecular complexity index is 199. The molecule has 1 amide bonds. The molecule has 0 aromatic carbocycles. The Balaban J connectivity index is 2.43. The highest BCUT2D eigenvalue weighted by atomic mass is 32.2. The monoisotopic (exact) mass is 217 g/mol. The van der Waals surface area contributed by atoms with Crippen molar-refractivity contribution in [2.75, 3.05) is 25.2 Å². The molecule has 1 aliphatic heterocycles. The standard InChI is InChI=1S/C10H19NO2S/c1-8-7-13-9(2)6-11(8)10(12)4-5-14-3/h8-9H,4-7H2,1-3H3/t8-,9+/m1/s1. The Labute approximate surface area is 90.2 Å². The van der Waals surface area contributed by atoms with Crippen molar-refractivity contribution < 1.29 is 9.53 Å². The van der Waals surface area contributed by atoms with Crippen molar-refractivity contribution >= 4 is 17.7 Å². The Hall–Kier alpha value is -0.220. The molecule has 14 heavy (non-hydrogen) atoms. The molecule has 0 unspecified atom stereocenters. The molecule has 0 aromatic heterocycles. The number of hydrogen-bond donors (Lipinski definition) is 0. The van der Waals surface area contributed by atoms with Gasteiger partial charge in [0.2, 0.25) is 5.91 Å². The molecule has 0 spiro atoms. The normalized spacial score (nSPS) is 27.8. The average molecular weight is 217 g/mol. The Morgan fingerprint density at radius 3 is 2.93 bits per heavy atom. The van der Waals surface area contributed by atoms with Gasteiger partial charge in [-0.25, -0.2) is 0 Å². The molecular formula is C10H19NO2S. The van der Waals surface area contributed by atoms with Crippen LogP contribution in [0.3, 0.4) is 0 Å². The van der Waals surface area contributed by atoms with Gasteiger partial charge in [-0.1, -0.05) is 0 Å². The van der Waals surface area contributed by atoms with Gasteiger partial charge in [-0.05, 0) is 20.1 Å². The van der Waals surface area contributed by atoms with Crippen molar-refractivity contribution in [3.8, 4) is 0 Å². The highest BCUT2D eigenvalue weighted by Gasteiger charge is 2.26. The molecular weight excluding hydrogens is 198 g/mol. The highest BCUT2D eigenvalue weighted by molar-refractivity contribution is 7.98.